The molecule has 0 bridgehead atoms. The number of ether oxygens (including phenoxy) is 1. The van der Waals surface area contributed by atoms with E-state index >= 15 is 0 Å². The summed E-state index contributed by atoms with van der Waals surface area (Å²) in [4.78, 5) is 12.9. The van der Waals surface area contributed by atoms with Crippen molar-refractivity contribution in [3.8, 4) is 0 Å². The van der Waals surface area contributed by atoms with E-state index < -0.39 is 11.9 Å². The molecule has 0 radical (unpaired) electrons. The van der Waals surface area contributed by atoms with Gasteiger partial charge in [-0.05, 0) is 56.1 Å². The Kier molecular flexibility index (Phi) is 11.0. The molecule has 0 aliphatic carbocycles. The van der Waals surface area contributed by atoms with Gasteiger partial charge in [-0.25, -0.2) is 0 Å². The Bertz CT molecular complexity index is 982. The molecule has 184 valence electrons. The molecule has 1 aromatic heterocycles. The first-order chi connectivity index (χ1) is 16.2. The summed E-state index contributed by atoms with van der Waals surface area (Å²) in [5.41, 5.74) is 4.37. The SMILES string of the molecule is CC(C)Cc1ccc([C@H](C)C(=O)O)cc1.CN(C)CCO[C@@H](c1ccccc1)c1ccnn1C. The third-order valence-corrected chi connectivity index (χ3v) is 5.55. The molecule has 0 amide bonds. The van der Waals surface area contributed by atoms with Crippen LogP contribution in [0.5, 0.6) is 0 Å². The molecule has 0 saturated carbocycles. The smallest absolute Gasteiger partial charge is 0.310 e. The summed E-state index contributed by atoms with van der Waals surface area (Å²) in [5.74, 6) is -0.558. The molecule has 6 heteroatoms. The molecule has 1 N–H and O–H groups in total. The van der Waals surface area contributed by atoms with Crippen LogP contribution in [0.3, 0.4) is 0 Å². The zero-order chi connectivity index (χ0) is 25.1. The van der Waals surface area contributed by atoms with Crippen LogP contribution in [0.2, 0.25) is 0 Å². The number of hydrogen-bond donors (Lipinski definition) is 1. The van der Waals surface area contributed by atoms with Gasteiger partial charge in [0.2, 0.25) is 0 Å². The predicted octanol–water partition coefficient (Wildman–Crippen LogP) is 5.16. The van der Waals surface area contributed by atoms with Crippen molar-refractivity contribution >= 4 is 5.97 Å². The van der Waals surface area contributed by atoms with Gasteiger partial charge in [0, 0.05) is 19.8 Å². The molecule has 6 nitrogen and oxygen atoms in total. The molecule has 0 spiro atoms. The molecule has 1 heterocycles. The summed E-state index contributed by atoms with van der Waals surface area (Å²) in [7, 11) is 6.04. The van der Waals surface area contributed by atoms with Crippen LogP contribution in [0.4, 0.5) is 0 Å². The summed E-state index contributed by atoms with van der Waals surface area (Å²) in [6.07, 6.45) is 2.79. The molecule has 2 atom stereocenters. The van der Waals surface area contributed by atoms with E-state index in [1.807, 2.05) is 74.4 Å². The summed E-state index contributed by atoms with van der Waals surface area (Å²) < 4.78 is 7.93. The van der Waals surface area contributed by atoms with E-state index in [0.29, 0.717) is 12.5 Å². The van der Waals surface area contributed by atoms with Crippen LogP contribution in [-0.4, -0.2) is 53.0 Å². The second-order valence-electron chi connectivity index (χ2n) is 9.24. The Morgan fingerprint density at radius 1 is 1.00 bits per heavy atom. The normalized spacial score (nSPS) is 12.8. The Labute approximate surface area is 204 Å². The highest BCUT2D eigenvalue weighted by molar-refractivity contribution is 5.75. The molecule has 3 aromatic rings. The molecular weight excluding hydrogens is 426 g/mol. The number of nitrogens with zero attached hydrogens (tertiary/aromatic N) is 3. The molecule has 2 aromatic carbocycles. The zero-order valence-corrected chi connectivity index (χ0v) is 21.3. The first-order valence-corrected chi connectivity index (χ1v) is 11.8. The number of carboxylic acids is 1. The minimum atomic E-state index is -0.772. The standard InChI is InChI=1S/C15H21N3O.C13H18O2/c1-17(2)11-12-19-15(13-7-5-4-6-8-13)14-9-10-16-18(14)3;1-9(2)8-11-4-6-12(7-5-11)10(3)13(14)15/h4-10,15H,11-12H2,1-3H3;4-7,9-10H,8H2,1-3H3,(H,14,15)/t15-;10-/m00/s1. The maximum Gasteiger partial charge on any atom is 0.310 e. The van der Waals surface area contributed by atoms with Crippen molar-refractivity contribution in [1.82, 2.24) is 14.7 Å². The minimum absolute atomic E-state index is 0.0614. The predicted molar refractivity (Wildman–Crippen MR) is 137 cm³/mol. The lowest BCUT2D eigenvalue weighted by Crippen LogP contribution is -2.20. The molecule has 0 aliphatic rings. The topological polar surface area (TPSA) is 67.6 Å². The van der Waals surface area contributed by atoms with E-state index in [2.05, 4.69) is 36.0 Å². The Morgan fingerprint density at radius 3 is 2.15 bits per heavy atom. The lowest BCUT2D eigenvalue weighted by Gasteiger charge is -2.20. The quantitative estimate of drug-likeness (QED) is 0.448. The number of hydrogen-bond acceptors (Lipinski definition) is 4. The van der Waals surface area contributed by atoms with E-state index in [9.17, 15) is 4.79 Å². The summed E-state index contributed by atoms with van der Waals surface area (Å²) in [5, 5.41) is 13.1. The average Bonchev–Trinajstić information content (AvgIpc) is 3.22. The van der Waals surface area contributed by atoms with Gasteiger partial charge in [0.05, 0.1) is 18.2 Å². The molecule has 0 aliphatic heterocycles. The number of carbonyl (C=O) groups is 1. The van der Waals surface area contributed by atoms with Gasteiger partial charge in [-0.15, -0.1) is 0 Å². The van der Waals surface area contributed by atoms with E-state index in [4.69, 9.17) is 9.84 Å². The van der Waals surface area contributed by atoms with Crippen LogP contribution in [0.15, 0.2) is 66.9 Å². The number of benzene rings is 2. The number of aromatic nitrogens is 2. The van der Waals surface area contributed by atoms with Crippen LogP contribution < -0.4 is 0 Å². The van der Waals surface area contributed by atoms with Crippen molar-refractivity contribution in [3.05, 3.63) is 89.2 Å². The monoisotopic (exact) mass is 465 g/mol. The maximum absolute atomic E-state index is 10.8. The van der Waals surface area contributed by atoms with Crippen LogP contribution >= 0.6 is 0 Å². The van der Waals surface area contributed by atoms with Crippen molar-refractivity contribution < 1.29 is 14.6 Å². The van der Waals surface area contributed by atoms with Crippen molar-refractivity contribution in [2.75, 3.05) is 27.2 Å². The molecule has 0 unspecified atom stereocenters. The second-order valence-corrected chi connectivity index (χ2v) is 9.24. The Hall–Kier alpha value is -2.96. The number of aliphatic carboxylic acids is 1. The van der Waals surface area contributed by atoms with E-state index in [1.54, 1.807) is 13.1 Å². The summed E-state index contributed by atoms with van der Waals surface area (Å²) in [6.45, 7) is 7.65. The van der Waals surface area contributed by atoms with Gasteiger partial charge in [0.25, 0.3) is 0 Å². The Morgan fingerprint density at radius 2 is 1.65 bits per heavy atom. The van der Waals surface area contributed by atoms with Gasteiger partial charge in [-0.3, -0.25) is 9.48 Å². The average molecular weight is 466 g/mol. The van der Waals surface area contributed by atoms with Crippen molar-refractivity contribution in [1.29, 1.82) is 0 Å². The van der Waals surface area contributed by atoms with Crippen LogP contribution in [0.1, 0.15) is 55.2 Å². The fourth-order valence-electron chi connectivity index (χ4n) is 3.53. The first kappa shape index (κ1) is 27.3. The first-order valence-electron chi connectivity index (χ1n) is 11.8. The molecule has 0 fully saturated rings. The summed E-state index contributed by atoms with van der Waals surface area (Å²) in [6, 6.07) is 20.1. The van der Waals surface area contributed by atoms with Gasteiger partial charge in [-0.2, -0.15) is 5.10 Å². The zero-order valence-electron chi connectivity index (χ0n) is 21.3. The highest BCUT2D eigenvalue weighted by Crippen LogP contribution is 2.25. The minimum Gasteiger partial charge on any atom is -0.481 e. The number of aryl methyl sites for hydroxylation is 1. The highest BCUT2D eigenvalue weighted by Gasteiger charge is 2.17. The van der Waals surface area contributed by atoms with Crippen LogP contribution in [-0.2, 0) is 23.0 Å². The van der Waals surface area contributed by atoms with Gasteiger partial charge in [0.1, 0.15) is 6.10 Å². The number of likely N-dealkylation sites (N-methyl/N-ethyl adjacent to an activating group) is 1. The van der Waals surface area contributed by atoms with Crippen LogP contribution in [0, 0.1) is 5.92 Å². The highest BCUT2D eigenvalue weighted by atomic mass is 16.5. The van der Waals surface area contributed by atoms with Gasteiger partial charge in [0.15, 0.2) is 0 Å². The molecule has 0 saturated heterocycles. The van der Waals surface area contributed by atoms with Crippen molar-refractivity contribution in [3.63, 3.8) is 0 Å². The van der Waals surface area contributed by atoms with Crippen LogP contribution in [0.25, 0.3) is 0 Å². The van der Waals surface area contributed by atoms with Gasteiger partial charge >= 0.3 is 5.97 Å². The lowest BCUT2D eigenvalue weighted by atomic mass is 9.97. The maximum atomic E-state index is 10.8. The molecular formula is C28H39N3O3. The largest absolute Gasteiger partial charge is 0.481 e. The van der Waals surface area contributed by atoms with Crippen molar-refractivity contribution in [2.45, 2.75) is 39.2 Å². The fraction of sp³-hybridized carbons (Fsp3) is 0.429. The fourth-order valence-corrected chi connectivity index (χ4v) is 3.53. The Balaban J connectivity index is 0.000000248. The third kappa shape index (κ3) is 8.76. The summed E-state index contributed by atoms with van der Waals surface area (Å²) >= 11 is 0. The van der Waals surface area contributed by atoms with E-state index in [-0.39, 0.29) is 6.10 Å². The lowest BCUT2D eigenvalue weighted by molar-refractivity contribution is -0.138. The van der Waals surface area contributed by atoms with Crippen molar-refractivity contribution in [2.24, 2.45) is 13.0 Å². The van der Waals surface area contributed by atoms with E-state index in [0.717, 1.165) is 29.8 Å². The van der Waals surface area contributed by atoms with Gasteiger partial charge < -0.3 is 14.7 Å². The van der Waals surface area contributed by atoms with Gasteiger partial charge in [-0.1, -0.05) is 68.4 Å². The number of rotatable bonds is 10. The second kappa shape index (κ2) is 13.7. The third-order valence-electron chi connectivity index (χ3n) is 5.55. The van der Waals surface area contributed by atoms with E-state index in [1.165, 1.54) is 5.56 Å². The number of carboxylic acid groups (broad SMARTS) is 1. The molecule has 34 heavy (non-hydrogen) atoms. The molecule has 3 rings (SSSR count).